The minimum atomic E-state index is -0.309. The van der Waals surface area contributed by atoms with E-state index in [1.807, 2.05) is 38.1 Å². The number of H-pyrrole nitrogens is 1. The number of carbonyl (C=O) groups excluding carboxylic acids is 1. The first kappa shape index (κ1) is 15.3. The molecule has 0 aliphatic heterocycles. The fraction of sp³-hybridized carbons (Fsp3) is 0.267. The Morgan fingerprint density at radius 3 is 2.90 bits per heavy atom. The molecule has 2 rings (SSSR count). The van der Waals surface area contributed by atoms with Crippen LogP contribution in [0.15, 0.2) is 46.5 Å². The summed E-state index contributed by atoms with van der Waals surface area (Å²) in [6.45, 7) is 3.90. The van der Waals surface area contributed by atoms with Crippen LogP contribution in [0.1, 0.15) is 18.9 Å². The molecule has 0 bridgehead atoms. The van der Waals surface area contributed by atoms with Gasteiger partial charge in [-0.25, -0.2) is 4.98 Å². The summed E-state index contributed by atoms with van der Waals surface area (Å²) in [6, 6.07) is 8.98. The Morgan fingerprint density at radius 1 is 1.43 bits per heavy atom. The molecule has 5 nitrogen and oxygen atoms in total. The highest BCUT2D eigenvalue weighted by molar-refractivity contribution is 8.00. The number of amides is 1. The number of anilines is 1. The lowest BCUT2D eigenvalue weighted by atomic mass is 10.2. The summed E-state index contributed by atoms with van der Waals surface area (Å²) in [7, 11) is 0. The average molecular weight is 303 g/mol. The molecular formula is C15H17N3O2S. The van der Waals surface area contributed by atoms with E-state index in [0.29, 0.717) is 11.6 Å². The van der Waals surface area contributed by atoms with Gasteiger partial charge in [0.2, 0.25) is 5.91 Å². The third-order valence-corrected chi connectivity index (χ3v) is 4.11. The molecule has 6 heteroatoms. The fourth-order valence-electron chi connectivity index (χ4n) is 1.81. The van der Waals surface area contributed by atoms with Gasteiger partial charge < -0.3 is 10.3 Å². The quantitative estimate of drug-likeness (QED) is 0.657. The molecule has 1 heterocycles. The van der Waals surface area contributed by atoms with Crippen molar-refractivity contribution in [3.63, 3.8) is 0 Å². The Bertz CT molecular complexity index is 684. The minimum absolute atomic E-state index is 0.0976. The molecule has 1 unspecified atom stereocenters. The van der Waals surface area contributed by atoms with Gasteiger partial charge in [-0.1, -0.05) is 30.8 Å². The molecule has 2 aromatic rings. The van der Waals surface area contributed by atoms with Crippen molar-refractivity contribution in [2.45, 2.75) is 30.7 Å². The minimum Gasteiger partial charge on any atom is -0.325 e. The second-order valence-electron chi connectivity index (χ2n) is 4.61. The molecule has 1 atom stereocenters. The SMILES string of the molecule is CCC(Sc1nccc(=O)[nH]1)C(=O)Nc1cccc(C)c1. The first-order chi connectivity index (χ1) is 10.1. The maximum Gasteiger partial charge on any atom is 0.251 e. The molecule has 0 radical (unpaired) electrons. The van der Waals surface area contributed by atoms with Gasteiger partial charge in [0.15, 0.2) is 5.16 Å². The fourth-order valence-corrected chi connectivity index (χ4v) is 2.70. The summed E-state index contributed by atoms with van der Waals surface area (Å²) in [4.78, 5) is 30.2. The molecule has 110 valence electrons. The number of aromatic amines is 1. The number of aromatic nitrogens is 2. The molecular weight excluding hydrogens is 286 g/mol. The van der Waals surface area contributed by atoms with Crippen molar-refractivity contribution in [2.75, 3.05) is 5.32 Å². The molecule has 0 fully saturated rings. The number of nitrogens with zero attached hydrogens (tertiary/aromatic N) is 1. The van der Waals surface area contributed by atoms with Crippen molar-refractivity contribution in [3.8, 4) is 0 Å². The van der Waals surface area contributed by atoms with Gasteiger partial charge in [0.05, 0.1) is 5.25 Å². The third kappa shape index (κ3) is 4.46. The zero-order chi connectivity index (χ0) is 15.2. The highest BCUT2D eigenvalue weighted by Gasteiger charge is 2.19. The molecule has 1 amide bonds. The van der Waals surface area contributed by atoms with E-state index in [9.17, 15) is 9.59 Å². The summed E-state index contributed by atoms with van der Waals surface area (Å²) in [6.07, 6.45) is 2.08. The average Bonchev–Trinajstić information content (AvgIpc) is 2.44. The first-order valence-corrected chi connectivity index (χ1v) is 7.56. The molecule has 0 aliphatic carbocycles. The van der Waals surface area contributed by atoms with Crippen LogP contribution in [-0.4, -0.2) is 21.1 Å². The number of aryl methyl sites for hydroxylation is 1. The predicted molar refractivity (Wildman–Crippen MR) is 84.6 cm³/mol. The Labute approximate surface area is 127 Å². The van der Waals surface area contributed by atoms with Crippen LogP contribution in [-0.2, 0) is 4.79 Å². The van der Waals surface area contributed by atoms with Crippen LogP contribution in [0, 0.1) is 6.92 Å². The van der Waals surface area contributed by atoms with Crippen molar-refractivity contribution >= 4 is 23.4 Å². The number of rotatable bonds is 5. The van der Waals surface area contributed by atoms with Crippen molar-refractivity contribution in [3.05, 3.63) is 52.4 Å². The van der Waals surface area contributed by atoms with Gasteiger partial charge >= 0.3 is 0 Å². The van der Waals surface area contributed by atoms with Crippen molar-refractivity contribution < 1.29 is 4.79 Å². The molecule has 0 saturated carbocycles. The van der Waals surface area contributed by atoms with E-state index in [-0.39, 0.29) is 16.7 Å². The number of carbonyl (C=O) groups is 1. The molecule has 0 saturated heterocycles. The molecule has 21 heavy (non-hydrogen) atoms. The van der Waals surface area contributed by atoms with E-state index < -0.39 is 0 Å². The maximum absolute atomic E-state index is 12.3. The number of nitrogens with one attached hydrogen (secondary N) is 2. The third-order valence-electron chi connectivity index (χ3n) is 2.85. The summed E-state index contributed by atoms with van der Waals surface area (Å²) < 4.78 is 0. The van der Waals surface area contributed by atoms with Gasteiger partial charge in [0.1, 0.15) is 0 Å². The van der Waals surface area contributed by atoms with Gasteiger partial charge in [0, 0.05) is 18.0 Å². The van der Waals surface area contributed by atoms with E-state index in [0.717, 1.165) is 11.3 Å². The Balaban J connectivity index is 2.06. The van der Waals surface area contributed by atoms with Crippen molar-refractivity contribution in [1.29, 1.82) is 0 Å². The summed E-state index contributed by atoms with van der Waals surface area (Å²) in [5, 5.41) is 3.03. The van der Waals surface area contributed by atoms with Crippen LogP contribution in [0.3, 0.4) is 0 Å². The Kier molecular flexibility index (Phi) is 5.16. The highest BCUT2D eigenvalue weighted by Crippen LogP contribution is 2.22. The van der Waals surface area contributed by atoms with Crippen molar-refractivity contribution in [1.82, 2.24) is 9.97 Å². The summed E-state index contributed by atoms with van der Waals surface area (Å²) in [5.74, 6) is -0.0976. The lowest BCUT2D eigenvalue weighted by Gasteiger charge is -2.14. The van der Waals surface area contributed by atoms with E-state index in [1.165, 1.54) is 24.0 Å². The van der Waals surface area contributed by atoms with E-state index in [1.54, 1.807) is 0 Å². The van der Waals surface area contributed by atoms with E-state index in [4.69, 9.17) is 0 Å². The smallest absolute Gasteiger partial charge is 0.251 e. The predicted octanol–water partition coefficient (Wildman–Crippen LogP) is 2.59. The highest BCUT2D eigenvalue weighted by atomic mass is 32.2. The standard InChI is InChI=1S/C15H17N3O2S/c1-3-12(21-15-16-8-7-13(19)18-15)14(20)17-11-6-4-5-10(2)9-11/h4-9,12H,3H2,1-2H3,(H,17,20)(H,16,18,19). The van der Waals surface area contributed by atoms with E-state index in [2.05, 4.69) is 15.3 Å². The second kappa shape index (κ2) is 7.08. The Morgan fingerprint density at radius 2 is 2.24 bits per heavy atom. The van der Waals surface area contributed by atoms with E-state index >= 15 is 0 Å². The van der Waals surface area contributed by atoms with Crippen LogP contribution in [0.2, 0.25) is 0 Å². The van der Waals surface area contributed by atoms with Gasteiger partial charge in [0.25, 0.3) is 5.56 Å². The van der Waals surface area contributed by atoms with Crippen LogP contribution < -0.4 is 10.9 Å². The van der Waals surface area contributed by atoms with Crippen molar-refractivity contribution in [2.24, 2.45) is 0 Å². The second-order valence-corrected chi connectivity index (χ2v) is 5.80. The van der Waals surface area contributed by atoms with Crippen LogP contribution in [0.4, 0.5) is 5.69 Å². The van der Waals surface area contributed by atoms with Crippen LogP contribution in [0.25, 0.3) is 0 Å². The number of benzene rings is 1. The lowest BCUT2D eigenvalue weighted by Crippen LogP contribution is -2.25. The monoisotopic (exact) mass is 303 g/mol. The van der Waals surface area contributed by atoms with Gasteiger partial charge in [-0.3, -0.25) is 9.59 Å². The van der Waals surface area contributed by atoms with Gasteiger partial charge in [-0.15, -0.1) is 0 Å². The molecule has 1 aromatic carbocycles. The molecule has 0 aliphatic rings. The zero-order valence-corrected chi connectivity index (χ0v) is 12.7. The Hall–Kier alpha value is -2.08. The number of hydrogen-bond acceptors (Lipinski definition) is 4. The van der Waals surface area contributed by atoms with Gasteiger partial charge in [-0.05, 0) is 31.0 Å². The number of thioether (sulfide) groups is 1. The maximum atomic E-state index is 12.3. The normalized spacial score (nSPS) is 11.9. The summed E-state index contributed by atoms with van der Waals surface area (Å²) >= 11 is 1.26. The summed E-state index contributed by atoms with van der Waals surface area (Å²) in [5.41, 5.74) is 1.64. The topological polar surface area (TPSA) is 74.8 Å². The molecule has 2 N–H and O–H groups in total. The van der Waals surface area contributed by atoms with Crippen LogP contribution in [0.5, 0.6) is 0 Å². The largest absolute Gasteiger partial charge is 0.325 e. The first-order valence-electron chi connectivity index (χ1n) is 6.68. The molecule has 1 aromatic heterocycles. The number of hydrogen-bond donors (Lipinski definition) is 2. The van der Waals surface area contributed by atoms with Gasteiger partial charge in [-0.2, -0.15) is 0 Å². The lowest BCUT2D eigenvalue weighted by molar-refractivity contribution is -0.115. The van der Waals surface area contributed by atoms with Crippen LogP contribution >= 0.6 is 11.8 Å². The molecule has 0 spiro atoms. The zero-order valence-electron chi connectivity index (χ0n) is 11.9.